The van der Waals surface area contributed by atoms with Gasteiger partial charge in [-0.25, -0.2) is 0 Å². The number of hydrogen-bond donors (Lipinski definition) is 1. The van der Waals surface area contributed by atoms with Gasteiger partial charge in [0.2, 0.25) is 0 Å². The lowest BCUT2D eigenvalue weighted by atomic mass is 10.1. The van der Waals surface area contributed by atoms with Crippen molar-refractivity contribution in [2.24, 2.45) is 0 Å². The fourth-order valence-electron chi connectivity index (χ4n) is 4.25. The topological polar surface area (TPSA) is 90.3 Å². The Kier molecular flexibility index (Phi) is 6.60. The van der Waals surface area contributed by atoms with Crippen molar-refractivity contribution in [1.82, 2.24) is 14.9 Å². The van der Waals surface area contributed by atoms with Gasteiger partial charge in [-0.2, -0.15) is 0 Å². The lowest BCUT2D eigenvalue weighted by Crippen LogP contribution is -2.26. The molecular formula is C28H23N3O4S. The number of hydrogen-bond acceptors (Lipinski definition) is 6. The van der Waals surface area contributed by atoms with E-state index in [4.69, 9.17) is 4.74 Å². The number of methoxy groups -OCH3 is 1. The van der Waals surface area contributed by atoms with Crippen LogP contribution in [0.5, 0.6) is 5.75 Å². The molecule has 0 unspecified atom stereocenters. The SMILES string of the molecule is COc1c(C(=O)NCCc2cccnc2)sc2c1c(=O)n(CC(=O)c1ccccc1)c1ccccc21. The van der Waals surface area contributed by atoms with Gasteiger partial charge in [0.15, 0.2) is 11.5 Å². The van der Waals surface area contributed by atoms with Crippen molar-refractivity contribution in [1.29, 1.82) is 0 Å². The van der Waals surface area contributed by atoms with Gasteiger partial charge in [0.05, 0.1) is 23.9 Å². The first-order valence-electron chi connectivity index (χ1n) is 11.5. The van der Waals surface area contributed by atoms with Crippen LogP contribution in [-0.4, -0.2) is 34.9 Å². The quantitative estimate of drug-likeness (QED) is 0.320. The van der Waals surface area contributed by atoms with E-state index in [1.807, 2.05) is 42.5 Å². The number of nitrogens with one attached hydrogen (secondary N) is 1. The molecule has 1 N–H and O–H groups in total. The zero-order valence-corrected chi connectivity index (χ0v) is 20.4. The summed E-state index contributed by atoms with van der Waals surface area (Å²) in [5.74, 6) is -0.261. The summed E-state index contributed by atoms with van der Waals surface area (Å²) in [6.07, 6.45) is 4.09. The molecule has 0 spiro atoms. The number of nitrogens with zero attached hydrogens (tertiary/aromatic N) is 2. The number of fused-ring (bicyclic) bond motifs is 3. The predicted octanol–water partition coefficient (Wildman–Crippen LogP) is 4.48. The summed E-state index contributed by atoms with van der Waals surface area (Å²) in [6.45, 7) is 0.295. The number of carbonyl (C=O) groups excluding carboxylic acids is 2. The Bertz CT molecular complexity index is 1630. The number of carbonyl (C=O) groups is 2. The number of benzene rings is 2. The van der Waals surface area contributed by atoms with Crippen LogP contribution in [0.3, 0.4) is 0 Å². The van der Waals surface area contributed by atoms with E-state index < -0.39 is 0 Å². The number of amides is 1. The third-order valence-electron chi connectivity index (χ3n) is 5.99. The Morgan fingerprint density at radius 2 is 1.81 bits per heavy atom. The minimum absolute atomic E-state index is 0.120. The molecule has 5 rings (SSSR count). The van der Waals surface area contributed by atoms with Crippen molar-refractivity contribution < 1.29 is 14.3 Å². The fourth-order valence-corrected chi connectivity index (χ4v) is 5.46. The van der Waals surface area contributed by atoms with Gasteiger partial charge in [-0.1, -0.05) is 54.6 Å². The Morgan fingerprint density at radius 3 is 2.56 bits per heavy atom. The maximum atomic E-state index is 13.7. The van der Waals surface area contributed by atoms with E-state index >= 15 is 0 Å². The van der Waals surface area contributed by atoms with E-state index in [2.05, 4.69) is 10.3 Å². The lowest BCUT2D eigenvalue weighted by Gasteiger charge is -2.11. The summed E-state index contributed by atoms with van der Waals surface area (Å²) in [5.41, 5.74) is 1.81. The number of rotatable bonds is 8. The first kappa shape index (κ1) is 23.4. The predicted molar refractivity (Wildman–Crippen MR) is 141 cm³/mol. The molecule has 180 valence electrons. The summed E-state index contributed by atoms with van der Waals surface area (Å²) >= 11 is 1.22. The summed E-state index contributed by atoms with van der Waals surface area (Å²) < 4.78 is 7.73. The molecule has 5 aromatic rings. The van der Waals surface area contributed by atoms with Crippen molar-refractivity contribution in [2.45, 2.75) is 13.0 Å². The summed E-state index contributed by atoms with van der Waals surface area (Å²) in [4.78, 5) is 44.3. The largest absolute Gasteiger partial charge is 0.494 e. The third-order valence-corrected chi connectivity index (χ3v) is 7.20. The molecular weight excluding hydrogens is 474 g/mol. The van der Waals surface area contributed by atoms with Gasteiger partial charge < -0.3 is 10.1 Å². The smallest absolute Gasteiger partial charge is 0.265 e. The van der Waals surface area contributed by atoms with E-state index in [1.165, 1.54) is 23.0 Å². The van der Waals surface area contributed by atoms with Crippen molar-refractivity contribution >= 4 is 44.0 Å². The van der Waals surface area contributed by atoms with Crippen LogP contribution in [0.2, 0.25) is 0 Å². The molecule has 3 aromatic heterocycles. The van der Waals surface area contributed by atoms with Crippen LogP contribution in [0.15, 0.2) is 83.9 Å². The molecule has 0 fully saturated rings. The highest BCUT2D eigenvalue weighted by Crippen LogP contribution is 2.39. The Labute approximate surface area is 211 Å². The van der Waals surface area contributed by atoms with Crippen LogP contribution in [0.1, 0.15) is 25.6 Å². The van der Waals surface area contributed by atoms with Crippen LogP contribution >= 0.6 is 11.3 Å². The Hall–Kier alpha value is -4.30. The zero-order valence-electron chi connectivity index (χ0n) is 19.6. The highest BCUT2D eigenvalue weighted by atomic mass is 32.1. The summed E-state index contributed by atoms with van der Waals surface area (Å²) in [5, 5.41) is 4.01. The van der Waals surface area contributed by atoms with Gasteiger partial charge in [-0.05, 0) is 24.1 Å². The average molecular weight is 498 g/mol. The number of ether oxygens (including phenoxy) is 1. The van der Waals surface area contributed by atoms with Crippen molar-refractivity contribution in [2.75, 3.05) is 13.7 Å². The molecule has 0 aliphatic rings. The van der Waals surface area contributed by atoms with Crippen LogP contribution in [0, 0.1) is 0 Å². The second-order valence-corrected chi connectivity index (χ2v) is 9.25. The van der Waals surface area contributed by atoms with E-state index in [-0.39, 0.29) is 29.5 Å². The number of para-hydroxylation sites is 1. The van der Waals surface area contributed by atoms with Crippen molar-refractivity contribution in [3.05, 3.63) is 105 Å². The minimum atomic E-state index is -0.365. The van der Waals surface area contributed by atoms with Gasteiger partial charge >= 0.3 is 0 Å². The number of thiophene rings is 1. The van der Waals surface area contributed by atoms with Gasteiger partial charge in [0, 0.05) is 29.9 Å². The molecule has 0 saturated heterocycles. The second-order valence-electron chi connectivity index (χ2n) is 8.23. The molecule has 7 nitrogen and oxygen atoms in total. The summed E-state index contributed by atoms with van der Waals surface area (Å²) in [6, 6.07) is 20.1. The third kappa shape index (κ3) is 4.38. The van der Waals surface area contributed by atoms with Crippen LogP contribution in [0.25, 0.3) is 21.0 Å². The molecule has 0 radical (unpaired) electrons. The fraction of sp³-hybridized carbons (Fsp3) is 0.143. The van der Waals surface area contributed by atoms with Gasteiger partial charge in [-0.3, -0.25) is 23.9 Å². The highest BCUT2D eigenvalue weighted by molar-refractivity contribution is 7.22. The first-order valence-corrected chi connectivity index (χ1v) is 12.3. The molecule has 36 heavy (non-hydrogen) atoms. The van der Waals surface area contributed by atoms with E-state index in [0.717, 1.165) is 10.9 Å². The van der Waals surface area contributed by atoms with Crippen LogP contribution in [0.4, 0.5) is 0 Å². The molecule has 0 aliphatic heterocycles. The first-order chi connectivity index (χ1) is 17.6. The van der Waals surface area contributed by atoms with Crippen molar-refractivity contribution in [3.8, 4) is 5.75 Å². The summed E-state index contributed by atoms with van der Waals surface area (Å²) in [7, 11) is 1.45. The molecule has 0 bridgehead atoms. The van der Waals surface area contributed by atoms with E-state index in [0.29, 0.717) is 39.0 Å². The van der Waals surface area contributed by atoms with Crippen LogP contribution in [-0.2, 0) is 13.0 Å². The molecule has 0 aliphatic carbocycles. The number of aromatic nitrogens is 2. The lowest BCUT2D eigenvalue weighted by molar-refractivity contribution is 0.0952. The average Bonchev–Trinajstić information content (AvgIpc) is 3.32. The monoisotopic (exact) mass is 497 g/mol. The van der Waals surface area contributed by atoms with Crippen LogP contribution < -0.4 is 15.6 Å². The molecule has 1 amide bonds. The van der Waals surface area contributed by atoms with E-state index in [1.54, 1.807) is 36.7 Å². The highest BCUT2D eigenvalue weighted by Gasteiger charge is 2.25. The number of pyridine rings is 2. The van der Waals surface area contributed by atoms with E-state index in [9.17, 15) is 14.4 Å². The number of ketones is 1. The molecule has 3 heterocycles. The second kappa shape index (κ2) is 10.1. The Morgan fingerprint density at radius 1 is 1.03 bits per heavy atom. The maximum Gasteiger partial charge on any atom is 0.265 e. The van der Waals surface area contributed by atoms with Gasteiger partial charge in [0.25, 0.3) is 11.5 Å². The zero-order chi connectivity index (χ0) is 25.1. The maximum absolute atomic E-state index is 13.7. The standard InChI is InChI=1S/C28H23N3O4S/c1-35-24-23-25(36-26(24)27(33)30-15-13-18-8-7-14-29-16-18)20-11-5-6-12-21(20)31(28(23)34)17-22(32)19-9-3-2-4-10-19/h2-12,14,16H,13,15,17H2,1H3,(H,30,33). The van der Waals surface area contributed by atoms with Gasteiger partial charge in [-0.15, -0.1) is 11.3 Å². The normalized spacial score (nSPS) is 11.0. The Balaban J connectivity index is 1.55. The molecule has 8 heteroatoms. The molecule has 0 atom stereocenters. The molecule has 2 aromatic carbocycles. The number of Topliss-reactive ketones (excluding diaryl/α,β-unsaturated/α-hetero) is 1. The molecule has 0 saturated carbocycles. The van der Waals surface area contributed by atoms with Gasteiger partial charge in [0.1, 0.15) is 10.3 Å². The van der Waals surface area contributed by atoms with Crippen molar-refractivity contribution in [3.63, 3.8) is 0 Å². The minimum Gasteiger partial charge on any atom is -0.494 e.